The first-order valence-electron chi connectivity index (χ1n) is 8.84. The third kappa shape index (κ3) is 3.95. The van der Waals surface area contributed by atoms with E-state index < -0.39 is 12.6 Å². The van der Waals surface area contributed by atoms with Crippen LogP contribution in [0.1, 0.15) is 47.2 Å². The van der Waals surface area contributed by atoms with Crippen LogP contribution < -0.4 is 10.1 Å². The molecule has 6 nitrogen and oxygen atoms in total. The molecule has 6 heteroatoms. The Balaban J connectivity index is 1.70. The van der Waals surface area contributed by atoms with E-state index in [2.05, 4.69) is 5.32 Å². The number of carbonyl (C=O) groups excluding carboxylic acids is 1. The highest BCUT2D eigenvalue weighted by atomic mass is 16.5. The number of rotatable bonds is 5. The van der Waals surface area contributed by atoms with Gasteiger partial charge in [-0.3, -0.25) is 4.79 Å². The van der Waals surface area contributed by atoms with E-state index >= 15 is 0 Å². The molecule has 1 saturated carbocycles. The molecule has 0 spiro atoms. The number of benzene rings is 1. The van der Waals surface area contributed by atoms with Gasteiger partial charge in [0, 0.05) is 24.1 Å². The van der Waals surface area contributed by atoms with Gasteiger partial charge in [-0.15, -0.1) is 0 Å². The Labute approximate surface area is 147 Å². The molecule has 3 atom stereocenters. The molecule has 0 bridgehead atoms. The molecule has 1 amide bonds. The molecule has 3 rings (SSSR count). The smallest absolute Gasteiger partial charge is 0.341 e. The van der Waals surface area contributed by atoms with Crippen LogP contribution in [0.2, 0.25) is 0 Å². The third-order valence-electron chi connectivity index (χ3n) is 5.16. The highest BCUT2D eigenvalue weighted by Crippen LogP contribution is 2.34. The summed E-state index contributed by atoms with van der Waals surface area (Å²) in [7, 11) is 0. The second-order valence-electron chi connectivity index (χ2n) is 6.99. The van der Waals surface area contributed by atoms with Crippen LogP contribution in [0.5, 0.6) is 5.75 Å². The summed E-state index contributed by atoms with van der Waals surface area (Å²) in [6.07, 6.45) is 4.45. The van der Waals surface area contributed by atoms with Crippen molar-refractivity contribution < 1.29 is 24.2 Å². The van der Waals surface area contributed by atoms with Crippen LogP contribution >= 0.6 is 0 Å². The first kappa shape index (κ1) is 17.7. The van der Waals surface area contributed by atoms with Crippen LogP contribution in [-0.2, 0) is 9.53 Å². The van der Waals surface area contributed by atoms with E-state index in [0.29, 0.717) is 17.2 Å². The average Bonchev–Trinajstić information content (AvgIpc) is 3.03. The minimum Gasteiger partial charge on any atom is -0.481 e. The number of aliphatic carboxylic acids is 1. The molecule has 1 aliphatic heterocycles. The summed E-state index contributed by atoms with van der Waals surface area (Å²) in [6.45, 7) is 4.04. The largest absolute Gasteiger partial charge is 0.481 e. The van der Waals surface area contributed by atoms with Gasteiger partial charge in [0.2, 0.25) is 0 Å². The van der Waals surface area contributed by atoms with Crippen molar-refractivity contribution in [2.24, 2.45) is 5.92 Å². The van der Waals surface area contributed by atoms with Gasteiger partial charge in [-0.1, -0.05) is 0 Å². The van der Waals surface area contributed by atoms with Gasteiger partial charge in [0.15, 0.2) is 6.61 Å². The Hall–Kier alpha value is -2.08. The molecule has 1 aromatic carbocycles. The molecule has 0 aromatic heterocycles. The van der Waals surface area contributed by atoms with E-state index in [4.69, 9.17) is 14.6 Å². The van der Waals surface area contributed by atoms with E-state index in [0.717, 1.165) is 43.4 Å². The number of amides is 1. The van der Waals surface area contributed by atoms with Crippen molar-refractivity contribution in [1.82, 2.24) is 5.32 Å². The minimum absolute atomic E-state index is 0.0893. The summed E-state index contributed by atoms with van der Waals surface area (Å²) in [5.41, 5.74) is 2.10. The van der Waals surface area contributed by atoms with Crippen molar-refractivity contribution in [2.45, 2.75) is 51.7 Å². The molecule has 1 aromatic rings. The van der Waals surface area contributed by atoms with Crippen LogP contribution in [0.4, 0.5) is 0 Å². The molecule has 2 fully saturated rings. The van der Waals surface area contributed by atoms with Crippen molar-refractivity contribution in [2.75, 3.05) is 13.2 Å². The Morgan fingerprint density at radius 1 is 1.24 bits per heavy atom. The number of carboxylic acid groups (broad SMARTS) is 1. The van der Waals surface area contributed by atoms with Crippen molar-refractivity contribution in [1.29, 1.82) is 0 Å². The number of nitrogens with one attached hydrogen (secondary N) is 1. The first-order chi connectivity index (χ1) is 12.0. The Morgan fingerprint density at radius 3 is 2.64 bits per heavy atom. The lowest BCUT2D eigenvalue weighted by atomic mass is 9.81. The van der Waals surface area contributed by atoms with Gasteiger partial charge in [0.25, 0.3) is 5.91 Å². The lowest BCUT2D eigenvalue weighted by Crippen LogP contribution is -2.45. The number of carboxylic acids is 1. The highest BCUT2D eigenvalue weighted by molar-refractivity contribution is 5.95. The Kier molecular flexibility index (Phi) is 5.27. The van der Waals surface area contributed by atoms with Crippen molar-refractivity contribution >= 4 is 11.9 Å². The van der Waals surface area contributed by atoms with Gasteiger partial charge in [-0.2, -0.15) is 0 Å². The maximum Gasteiger partial charge on any atom is 0.341 e. The zero-order chi connectivity index (χ0) is 18.0. The second-order valence-corrected chi connectivity index (χ2v) is 6.99. The predicted octanol–water partition coefficient (Wildman–Crippen LogP) is 2.45. The second kappa shape index (κ2) is 7.44. The van der Waals surface area contributed by atoms with Crippen molar-refractivity contribution in [3.63, 3.8) is 0 Å². The fourth-order valence-electron chi connectivity index (χ4n) is 4.05. The topological polar surface area (TPSA) is 84.9 Å². The summed E-state index contributed by atoms with van der Waals surface area (Å²) in [5, 5.41) is 11.9. The predicted molar refractivity (Wildman–Crippen MR) is 92.0 cm³/mol. The number of carbonyl (C=O) groups is 2. The Bertz CT molecular complexity index is 649. The standard InChI is InChI=1S/C19H25NO5/c1-11-8-13(9-12(2)18(11)25-10-17(21)22)19(23)20-15-4-3-5-16-14(15)6-7-24-16/h8-9,14-16H,3-7,10H2,1-2H3,(H,20,23)(H,21,22). The van der Waals surface area contributed by atoms with Gasteiger partial charge >= 0.3 is 5.97 Å². The fraction of sp³-hybridized carbons (Fsp3) is 0.579. The lowest BCUT2D eigenvalue weighted by Gasteiger charge is -2.33. The van der Waals surface area contributed by atoms with Gasteiger partial charge < -0.3 is 19.9 Å². The molecule has 2 N–H and O–H groups in total. The van der Waals surface area contributed by atoms with E-state index in [9.17, 15) is 9.59 Å². The summed E-state index contributed by atoms with van der Waals surface area (Å²) < 4.78 is 11.1. The molecule has 2 aliphatic rings. The lowest BCUT2D eigenvalue weighted by molar-refractivity contribution is -0.139. The zero-order valence-corrected chi connectivity index (χ0v) is 14.7. The molecule has 0 radical (unpaired) electrons. The molecule has 1 aliphatic carbocycles. The number of hydrogen-bond donors (Lipinski definition) is 2. The van der Waals surface area contributed by atoms with Gasteiger partial charge in [0.05, 0.1) is 6.10 Å². The third-order valence-corrected chi connectivity index (χ3v) is 5.16. The molecule has 3 unspecified atom stereocenters. The fourth-order valence-corrected chi connectivity index (χ4v) is 4.05. The number of fused-ring (bicyclic) bond motifs is 1. The average molecular weight is 347 g/mol. The number of hydrogen-bond acceptors (Lipinski definition) is 4. The molecule has 1 saturated heterocycles. The molecular formula is C19H25NO5. The summed E-state index contributed by atoms with van der Waals surface area (Å²) >= 11 is 0. The van der Waals surface area contributed by atoms with Crippen LogP contribution in [0.15, 0.2) is 12.1 Å². The van der Waals surface area contributed by atoms with Crippen molar-refractivity contribution in [3.05, 3.63) is 28.8 Å². The first-order valence-corrected chi connectivity index (χ1v) is 8.84. The van der Waals surface area contributed by atoms with Crippen LogP contribution in [-0.4, -0.2) is 42.3 Å². The summed E-state index contributed by atoms with van der Waals surface area (Å²) in [4.78, 5) is 23.4. The quantitative estimate of drug-likeness (QED) is 0.855. The maximum atomic E-state index is 12.7. The van der Waals surface area contributed by atoms with Gasteiger partial charge in [-0.25, -0.2) is 4.79 Å². The Morgan fingerprint density at radius 2 is 1.96 bits per heavy atom. The van der Waals surface area contributed by atoms with E-state index in [1.165, 1.54) is 0 Å². The molecular weight excluding hydrogens is 322 g/mol. The van der Waals surface area contributed by atoms with E-state index in [1.54, 1.807) is 12.1 Å². The van der Waals surface area contributed by atoms with Gasteiger partial charge in [0.1, 0.15) is 5.75 Å². The molecule has 25 heavy (non-hydrogen) atoms. The number of aryl methyl sites for hydroxylation is 2. The van der Waals surface area contributed by atoms with Crippen LogP contribution in [0, 0.1) is 19.8 Å². The summed E-state index contributed by atoms with van der Waals surface area (Å²) in [6, 6.07) is 3.67. The SMILES string of the molecule is Cc1cc(C(=O)NC2CCCC3OCCC23)cc(C)c1OCC(=O)O. The van der Waals surface area contributed by atoms with E-state index in [1.807, 2.05) is 13.8 Å². The van der Waals surface area contributed by atoms with Crippen molar-refractivity contribution in [3.8, 4) is 5.75 Å². The normalized spacial score (nSPS) is 25.3. The highest BCUT2D eigenvalue weighted by Gasteiger charge is 2.38. The molecule has 136 valence electrons. The number of ether oxygens (including phenoxy) is 2. The zero-order valence-electron chi connectivity index (χ0n) is 14.7. The van der Waals surface area contributed by atoms with Gasteiger partial charge in [-0.05, 0) is 62.8 Å². The monoisotopic (exact) mass is 347 g/mol. The van der Waals surface area contributed by atoms with E-state index in [-0.39, 0.29) is 18.1 Å². The van der Waals surface area contributed by atoms with Crippen LogP contribution in [0.25, 0.3) is 0 Å². The molecule has 1 heterocycles. The minimum atomic E-state index is -1.02. The van der Waals surface area contributed by atoms with Crippen LogP contribution in [0.3, 0.4) is 0 Å². The maximum absolute atomic E-state index is 12.7. The summed E-state index contributed by atoms with van der Waals surface area (Å²) in [5.74, 6) is -0.168.